The molecule has 0 spiro atoms. The fourth-order valence-electron chi connectivity index (χ4n) is 4.02. The van der Waals surface area contributed by atoms with Gasteiger partial charge in [-0.25, -0.2) is 4.98 Å². The van der Waals surface area contributed by atoms with Crippen LogP contribution in [0.1, 0.15) is 33.6 Å². The van der Waals surface area contributed by atoms with Crippen molar-refractivity contribution in [3.63, 3.8) is 0 Å². The number of hydrogen-bond acceptors (Lipinski definition) is 6. The summed E-state index contributed by atoms with van der Waals surface area (Å²) in [6, 6.07) is 14.6. The number of rotatable bonds is 8. The van der Waals surface area contributed by atoms with Gasteiger partial charge in [-0.05, 0) is 80.5 Å². The number of hydrogen-bond donors (Lipinski definition) is 2. The van der Waals surface area contributed by atoms with Crippen LogP contribution in [-0.4, -0.2) is 61.4 Å². The lowest BCUT2D eigenvalue weighted by atomic mass is 10.1. The van der Waals surface area contributed by atoms with Gasteiger partial charge in [-0.3, -0.25) is 19.3 Å². The number of likely N-dealkylation sites (tertiary alicyclic amines) is 1. The Hall–Kier alpha value is -3.95. The lowest BCUT2D eigenvalue weighted by Crippen LogP contribution is -2.37. The summed E-state index contributed by atoms with van der Waals surface area (Å²) < 4.78 is 5.25. The van der Waals surface area contributed by atoms with E-state index in [9.17, 15) is 14.4 Å². The molecule has 1 aliphatic rings. The van der Waals surface area contributed by atoms with Gasteiger partial charge in [-0.1, -0.05) is 11.6 Å². The van der Waals surface area contributed by atoms with Gasteiger partial charge in [-0.2, -0.15) is 0 Å². The fourth-order valence-corrected chi connectivity index (χ4v) is 4.18. The summed E-state index contributed by atoms with van der Waals surface area (Å²) in [7, 11) is 3.22. The Morgan fingerprint density at radius 3 is 2.41 bits per heavy atom. The zero-order valence-electron chi connectivity index (χ0n) is 20.7. The molecule has 1 fully saturated rings. The van der Waals surface area contributed by atoms with E-state index in [1.807, 2.05) is 0 Å². The third kappa shape index (κ3) is 6.63. The lowest BCUT2D eigenvalue weighted by Gasteiger charge is -2.21. The van der Waals surface area contributed by atoms with Gasteiger partial charge in [0.1, 0.15) is 11.6 Å². The number of likely N-dealkylation sites (N-methyl/N-ethyl adjacent to an activating group) is 1. The molecule has 0 radical (unpaired) electrons. The summed E-state index contributed by atoms with van der Waals surface area (Å²) in [5, 5.41) is 5.89. The normalized spacial score (nSPS) is 13.2. The van der Waals surface area contributed by atoms with Crippen molar-refractivity contribution < 1.29 is 19.1 Å². The van der Waals surface area contributed by atoms with Crippen LogP contribution in [0.15, 0.2) is 60.8 Å². The summed E-state index contributed by atoms with van der Waals surface area (Å²) in [6.45, 7) is 2.27. The molecule has 192 valence electrons. The maximum atomic E-state index is 13.0. The average Bonchev–Trinajstić information content (AvgIpc) is 3.41. The van der Waals surface area contributed by atoms with E-state index >= 15 is 0 Å². The number of carbonyl (C=O) groups excluding carboxylic acids is 3. The predicted molar refractivity (Wildman–Crippen MR) is 144 cm³/mol. The largest absolute Gasteiger partial charge is 0.497 e. The van der Waals surface area contributed by atoms with Crippen molar-refractivity contribution in [3.05, 3.63) is 76.9 Å². The molecule has 10 heteroatoms. The molecule has 9 nitrogen and oxygen atoms in total. The van der Waals surface area contributed by atoms with E-state index < -0.39 is 11.8 Å². The summed E-state index contributed by atoms with van der Waals surface area (Å²) in [6.07, 6.45) is 3.72. The minimum absolute atomic E-state index is 0.00202. The number of pyridine rings is 1. The van der Waals surface area contributed by atoms with Crippen LogP contribution >= 0.6 is 11.6 Å². The van der Waals surface area contributed by atoms with E-state index in [4.69, 9.17) is 16.3 Å². The van der Waals surface area contributed by atoms with Crippen LogP contribution in [-0.2, 0) is 4.79 Å². The van der Waals surface area contributed by atoms with Crippen molar-refractivity contribution >= 4 is 46.5 Å². The Morgan fingerprint density at radius 2 is 1.73 bits per heavy atom. The van der Waals surface area contributed by atoms with E-state index in [-0.39, 0.29) is 17.3 Å². The molecular weight excluding hydrogens is 494 g/mol. The number of nitrogens with one attached hydrogen (secondary N) is 2. The highest BCUT2D eigenvalue weighted by Gasteiger charge is 2.20. The highest BCUT2D eigenvalue weighted by molar-refractivity contribution is 6.30. The first-order valence-electron chi connectivity index (χ1n) is 11.9. The van der Waals surface area contributed by atoms with Gasteiger partial charge in [0.05, 0.1) is 24.9 Å². The molecule has 0 saturated carbocycles. The molecular formula is C27H28ClN5O4. The summed E-state index contributed by atoms with van der Waals surface area (Å²) in [5.74, 6) is -0.165. The fraction of sp³-hybridized carbons (Fsp3) is 0.259. The van der Waals surface area contributed by atoms with Crippen molar-refractivity contribution in [3.8, 4) is 5.75 Å². The number of amides is 3. The molecule has 3 aromatic rings. The number of halogens is 1. The predicted octanol–water partition coefficient (Wildman–Crippen LogP) is 4.31. The minimum atomic E-state index is -0.488. The zero-order chi connectivity index (χ0) is 26.4. The first-order valence-corrected chi connectivity index (χ1v) is 12.2. The maximum absolute atomic E-state index is 13.0. The van der Waals surface area contributed by atoms with Crippen LogP contribution in [0.5, 0.6) is 5.75 Å². The van der Waals surface area contributed by atoms with E-state index in [0.717, 1.165) is 25.9 Å². The van der Waals surface area contributed by atoms with Gasteiger partial charge in [0.2, 0.25) is 5.91 Å². The SMILES string of the molecule is COc1ccc(NC(=O)c2ccc(N(C)C(=O)CN3CCCC3)cc2)c(C(=O)Nc2cc(Cl)ccn2)c1. The summed E-state index contributed by atoms with van der Waals surface area (Å²) in [4.78, 5) is 46.4. The van der Waals surface area contributed by atoms with Gasteiger partial charge in [0, 0.05) is 29.5 Å². The van der Waals surface area contributed by atoms with Crippen molar-refractivity contribution in [2.24, 2.45) is 0 Å². The standard InChI is InChI=1S/C27H28ClN5O4/c1-32(25(34)17-33-13-3-4-14-33)20-7-5-18(6-8-20)26(35)30-23-10-9-21(37-2)16-22(23)27(36)31-24-15-19(28)11-12-29-24/h5-12,15-16H,3-4,13-14,17H2,1-2H3,(H,30,35)(H,29,31,36). The smallest absolute Gasteiger partial charge is 0.259 e. The Bertz CT molecular complexity index is 1290. The number of ether oxygens (including phenoxy) is 1. The van der Waals surface area contributed by atoms with Crippen molar-refractivity contribution in [2.45, 2.75) is 12.8 Å². The van der Waals surface area contributed by atoms with Crippen LogP contribution in [0.3, 0.4) is 0 Å². The molecule has 37 heavy (non-hydrogen) atoms. The molecule has 0 unspecified atom stereocenters. The first kappa shape index (κ1) is 26.1. The van der Waals surface area contributed by atoms with Crippen LogP contribution in [0.2, 0.25) is 5.02 Å². The molecule has 0 atom stereocenters. The Balaban J connectivity index is 1.46. The van der Waals surface area contributed by atoms with E-state index in [1.165, 1.54) is 25.4 Å². The number of anilines is 3. The Kier molecular flexibility index (Phi) is 8.37. The second kappa shape index (κ2) is 11.9. The number of aromatic nitrogens is 1. The molecule has 2 aromatic carbocycles. The van der Waals surface area contributed by atoms with Crippen LogP contribution < -0.4 is 20.3 Å². The zero-order valence-corrected chi connectivity index (χ0v) is 21.4. The number of benzene rings is 2. The first-order chi connectivity index (χ1) is 17.8. The third-order valence-electron chi connectivity index (χ3n) is 6.13. The molecule has 1 aromatic heterocycles. The maximum Gasteiger partial charge on any atom is 0.259 e. The lowest BCUT2D eigenvalue weighted by molar-refractivity contribution is -0.119. The summed E-state index contributed by atoms with van der Waals surface area (Å²) >= 11 is 5.98. The topological polar surface area (TPSA) is 104 Å². The third-order valence-corrected chi connectivity index (χ3v) is 6.37. The summed E-state index contributed by atoms with van der Waals surface area (Å²) in [5.41, 5.74) is 1.56. The van der Waals surface area contributed by atoms with Crippen LogP contribution in [0.25, 0.3) is 0 Å². The molecule has 3 amide bonds. The van der Waals surface area contributed by atoms with Crippen LogP contribution in [0, 0.1) is 0 Å². The van der Waals surface area contributed by atoms with Crippen molar-refractivity contribution in [1.82, 2.24) is 9.88 Å². The van der Waals surface area contributed by atoms with Gasteiger partial charge in [-0.15, -0.1) is 0 Å². The van der Waals surface area contributed by atoms with Crippen molar-refractivity contribution in [2.75, 3.05) is 49.3 Å². The van der Waals surface area contributed by atoms with Gasteiger partial charge in [0.25, 0.3) is 11.8 Å². The Morgan fingerprint density at radius 1 is 1.00 bits per heavy atom. The molecule has 2 heterocycles. The number of carbonyl (C=O) groups is 3. The van der Waals surface area contributed by atoms with E-state index in [1.54, 1.807) is 54.4 Å². The second-order valence-electron chi connectivity index (χ2n) is 8.66. The monoisotopic (exact) mass is 521 g/mol. The number of methoxy groups -OCH3 is 1. The molecule has 2 N–H and O–H groups in total. The highest BCUT2D eigenvalue weighted by Crippen LogP contribution is 2.25. The molecule has 0 aliphatic carbocycles. The Labute approximate surface area is 220 Å². The van der Waals surface area contributed by atoms with Crippen LogP contribution in [0.4, 0.5) is 17.2 Å². The number of nitrogens with zero attached hydrogens (tertiary/aromatic N) is 3. The minimum Gasteiger partial charge on any atom is -0.497 e. The molecule has 1 aliphatic heterocycles. The van der Waals surface area contributed by atoms with E-state index in [0.29, 0.717) is 34.3 Å². The van der Waals surface area contributed by atoms with Gasteiger partial charge < -0.3 is 20.3 Å². The van der Waals surface area contributed by atoms with E-state index in [2.05, 4.69) is 20.5 Å². The molecule has 0 bridgehead atoms. The molecule has 1 saturated heterocycles. The quantitative estimate of drug-likeness (QED) is 0.458. The highest BCUT2D eigenvalue weighted by atomic mass is 35.5. The second-order valence-corrected chi connectivity index (χ2v) is 9.10. The molecule has 4 rings (SSSR count). The van der Waals surface area contributed by atoms with Gasteiger partial charge in [0.15, 0.2) is 0 Å². The average molecular weight is 522 g/mol. The van der Waals surface area contributed by atoms with Gasteiger partial charge >= 0.3 is 0 Å². The van der Waals surface area contributed by atoms with Crippen molar-refractivity contribution in [1.29, 1.82) is 0 Å².